The maximum atomic E-state index is 13.1. The largest absolute Gasteiger partial charge is 0.491 e. The minimum absolute atomic E-state index is 0.144. The molecule has 1 heterocycles. The molecule has 0 bridgehead atoms. The smallest absolute Gasteiger partial charge is 0.343 e. The Bertz CT molecular complexity index is 1440. The lowest BCUT2D eigenvalue weighted by atomic mass is 10.0. The molecule has 0 unspecified atom stereocenters. The number of amides is 2. The van der Waals surface area contributed by atoms with Gasteiger partial charge >= 0.3 is 5.97 Å². The SMILES string of the molecule is CCOc1cc(/C=C2\SC(=O)N(CCOc3cc(C)ccc3C(C)C)C2=O)ccc1OC(=O)c1ccc(C)cc1. The molecule has 1 fully saturated rings. The van der Waals surface area contributed by atoms with Crippen molar-refractivity contribution in [1.29, 1.82) is 0 Å². The summed E-state index contributed by atoms with van der Waals surface area (Å²) in [7, 11) is 0. The number of carbonyl (C=O) groups excluding carboxylic acids is 3. The minimum atomic E-state index is -0.497. The average molecular weight is 560 g/mol. The molecule has 2 amide bonds. The van der Waals surface area contributed by atoms with Gasteiger partial charge in [-0.05, 0) is 91.5 Å². The van der Waals surface area contributed by atoms with Gasteiger partial charge in [-0.15, -0.1) is 0 Å². The standard InChI is InChI=1S/C32H33NO6S/c1-6-37-28-18-23(10-14-26(28)39-31(35)24-11-7-21(4)8-12-24)19-29-30(34)33(32(36)40-29)15-16-38-27-17-22(5)9-13-25(27)20(2)3/h7-14,17-20H,6,15-16H2,1-5H3/b29-19-. The topological polar surface area (TPSA) is 82.1 Å². The van der Waals surface area contributed by atoms with Crippen LogP contribution in [0.1, 0.15) is 59.3 Å². The highest BCUT2D eigenvalue weighted by Crippen LogP contribution is 2.35. The maximum absolute atomic E-state index is 13.1. The van der Waals surface area contributed by atoms with Crippen LogP contribution < -0.4 is 14.2 Å². The molecular weight excluding hydrogens is 526 g/mol. The summed E-state index contributed by atoms with van der Waals surface area (Å²) in [6.45, 7) is 10.6. The molecule has 208 valence electrons. The molecule has 3 aromatic rings. The summed E-state index contributed by atoms with van der Waals surface area (Å²) in [5.74, 6) is 0.817. The molecule has 0 aromatic heterocycles. The molecule has 0 radical (unpaired) electrons. The molecule has 0 N–H and O–H groups in total. The number of hydrogen-bond donors (Lipinski definition) is 0. The van der Waals surface area contributed by atoms with E-state index in [4.69, 9.17) is 14.2 Å². The Kier molecular flexibility index (Phi) is 9.32. The lowest BCUT2D eigenvalue weighted by Gasteiger charge is -2.17. The number of hydrogen-bond acceptors (Lipinski definition) is 7. The predicted octanol–water partition coefficient (Wildman–Crippen LogP) is 7.16. The normalized spacial score (nSPS) is 14.2. The van der Waals surface area contributed by atoms with Gasteiger partial charge in [-0.3, -0.25) is 14.5 Å². The zero-order chi connectivity index (χ0) is 28.8. The molecule has 0 aliphatic carbocycles. The number of nitrogens with zero attached hydrogens (tertiary/aromatic N) is 1. The van der Waals surface area contributed by atoms with Crippen molar-refractivity contribution in [2.24, 2.45) is 0 Å². The van der Waals surface area contributed by atoms with Crippen molar-refractivity contribution in [3.05, 3.63) is 93.4 Å². The molecular formula is C32H33NO6S. The third-order valence-corrected chi connectivity index (χ3v) is 7.20. The molecule has 0 saturated carbocycles. The summed E-state index contributed by atoms with van der Waals surface area (Å²) >= 11 is 0.883. The summed E-state index contributed by atoms with van der Waals surface area (Å²) in [6, 6.07) is 18.2. The molecule has 0 atom stereocenters. The third kappa shape index (κ3) is 6.93. The summed E-state index contributed by atoms with van der Waals surface area (Å²) < 4.78 is 17.3. The van der Waals surface area contributed by atoms with E-state index in [-0.39, 0.29) is 36.0 Å². The van der Waals surface area contributed by atoms with Gasteiger partial charge in [0, 0.05) is 0 Å². The number of imide groups is 1. The second-order valence-corrected chi connectivity index (χ2v) is 10.8. The van der Waals surface area contributed by atoms with E-state index < -0.39 is 5.97 Å². The van der Waals surface area contributed by atoms with E-state index in [2.05, 4.69) is 13.8 Å². The van der Waals surface area contributed by atoms with Crippen molar-refractivity contribution in [1.82, 2.24) is 4.90 Å². The summed E-state index contributed by atoms with van der Waals surface area (Å²) in [6.07, 6.45) is 1.64. The fourth-order valence-corrected chi connectivity index (χ4v) is 5.02. The van der Waals surface area contributed by atoms with Crippen molar-refractivity contribution in [3.63, 3.8) is 0 Å². The van der Waals surface area contributed by atoms with Crippen LogP contribution >= 0.6 is 11.8 Å². The molecule has 40 heavy (non-hydrogen) atoms. The van der Waals surface area contributed by atoms with Gasteiger partial charge < -0.3 is 14.2 Å². The van der Waals surface area contributed by atoms with Gasteiger partial charge in [0.1, 0.15) is 12.4 Å². The van der Waals surface area contributed by atoms with E-state index in [1.807, 2.05) is 51.1 Å². The van der Waals surface area contributed by atoms with Crippen LogP contribution in [-0.2, 0) is 4.79 Å². The van der Waals surface area contributed by atoms with Gasteiger partial charge in [0.05, 0.1) is 23.6 Å². The lowest BCUT2D eigenvalue weighted by molar-refractivity contribution is -0.123. The van der Waals surface area contributed by atoms with Gasteiger partial charge in [0.15, 0.2) is 11.5 Å². The molecule has 1 saturated heterocycles. The first kappa shape index (κ1) is 29.0. The number of thioether (sulfide) groups is 1. The number of benzene rings is 3. The summed E-state index contributed by atoms with van der Waals surface area (Å²) in [5.41, 5.74) is 4.27. The van der Waals surface area contributed by atoms with E-state index in [0.29, 0.717) is 28.4 Å². The Morgan fingerprint density at radius 3 is 2.33 bits per heavy atom. The highest BCUT2D eigenvalue weighted by Gasteiger charge is 2.35. The number of aryl methyl sites for hydroxylation is 2. The van der Waals surface area contributed by atoms with Crippen LogP contribution in [-0.4, -0.2) is 41.8 Å². The second-order valence-electron chi connectivity index (χ2n) is 9.77. The molecule has 3 aromatic carbocycles. The van der Waals surface area contributed by atoms with E-state index in [9.17, 15) is 14.4 Å². The van der Waals surface area contributed by atoms with Gasteiger partial charge in [-0.2, -0.15) is 0 Å². The zero-order valence-electron chi connectivity index (χ0n) is 23.4. The highest BCUT2D eigenvalue weighted by atomic mass is 32.2. The Morgan fingerprint density at radius 2 is 1.62 bits per heavy atom. The predicted molar refractivity (Wildman–Crippen MR) is 157 cm³/mol. The van der Waals surface area contributed by atoms with E-state index in [0.717, 1.165) is 34.2 Å². The lowest BCUT2D eigenvalue weighted by Crippen LogP contribution is -2.32. The summed E-state index contributed by atoms with van der Waals surface area (Å²) in [4.78, 5) is 39.8. The monoisotopic (exact) mass is 559 g/mol. The first-order chi connectivity index (χ1) is 19.2. The molecule has 4 rings (SSSR count). The first-order valence-electron chi connectivity index (χ1n) is 13.2. The van der Waals surface area contributed by atoms with Gasteiger partial charge in [-0.1, -0.05) is 49.7 Å². The maximum Gasteiger partial charge on any atom is 0.343 e. The van der Waals surface area contributed by atoms with Crippen molar-refractivity contribution in [2.45, 2.75) is 40.5 Å². The number of esters is 1. The van der Waals surface area contributed by atoms with Crippen molar-refractivity contribution >= 4 is 35.0 Å². The summed E-state index contributed by atoms with van der Waals surface area (Å²) in [5, 5.41) is -0.346. The molecule has 0 spiro atoms. The number of carbonyl (C=O) groups is 3. The first-order valence-corrected chi connectivity index (χ1v) is 14.0. The molecule has 1 aliphatic rings. The van der Waals surface area contributed by atoms with Crippen LogP contribution in [0.2, 0.25) is 0 Å². The van der Waals surface area contributed by atoms with Crippen LogP contribution in [0.15, 0.2) is 65.6 Å². The number of rotatable bonds is 10. The Balaban J connectivity index is 1.45. The van der Waals surface area contributed by atoms with Crippen LogP contribution in [0.25, 0.3) is 6.08 Å². The highest BCUT2D eigenvalue weighted by molar-refractivity contribution is 8.18. The van der Waals surface area contributed by atoms with E-state index >= 15 is 0 Å². The third-order valence-electron chi connectivity index (χ3n) is 6.29. The van der Waals surface area contributed by atoms with Crippen molar-refractivity contribution < 1.29 is 28.6 Å². The van der Waals surface area contributed by atoms with E-state index in [1.54, 1.807) is 36.4 Å². The fraction of sp³-hybridized carbons (Fsp3) is 0.281. The van der Waals surface area contributed by atoms with Crippen molar-refractivity contribution in [3.8, 4) is 17.2 Å². The van der Waals surface area contributed by atoms with E-state index in [1.165, 1.54) is 4.90 Å². The van der Waals surface area contributed by atoms with Crippen LogP contribution in [0.4, 0.5) is 4.79 Å². The Labute approximate surface area is 239 Å². The van der Waals surface area contributed by atoms with Crippen molar-refractivity contribution in [2.75, 3.05) is 19.8 Å². The Morgan fingerprint density at radius 1 is 0.900 bits per heavy atom. The zero-order valence-corrected chi connectivity index (χ0v) is 24.2. The van der Waals surface area contributed by atoms with Crippen LogP contribution in [0.3, 0.4) is 0 Å². The average Bonchev–Trinajstić information content (AvgIpc) is 3.17. The fourth-order valence-electron chi connectivity index (χ4n) is 4.15. The quantitative estimate of drug-likeness (QED) is 0.148. The molecule has 1 aliphatic heterocycles. The van der Waals surface area contributed by atoms with Gasteiger partial charge in [-0.25, -0.2) is 4.79 Å². The van der Waals surface area contributed by atoms with Gasteiger partial charge in [0.2, 0.25) is 0 Å². The molecule has 7 nitrogen and oxygen atoms in total. The van der Waals surface area contributed by atoms with Gasteiger partial charge in [0.25, 0.3) is 11.1 Å². The van der Waals surface area contributed by atoms with Crippen LogP contribution in [0.5, 0.6) is 17.2 Å². The second kappa shape index (κ2) is 12.9. The minimum Gasteiger partial charge on any atom is -0.491 e. The van der Waals surface area contributed by atoms with Crippen LogP contribution in [0, 0.1) is 13.8 Å². The number of ether oxygens (including phenoxy) is 3. The Hall–Kier alpha value is -4.04. The molecule has 8 heteroatoms.